The Morgan fingerprint density at radius 2 is 0.697 bits per heavy atom. The quantitative estimate of drug-likeness (QED) is 0.136. The summed E-state index contributed by atoms with van der Waals surface area (Å²) in [5.41, 5.74) is 17.4. The topological polar surface area (TPSA) is 0 Å². The average molecular weight is 883 g/mol. The molecule has 0 N–H and O–H groups in total. The Kier molecular flexibility index (Phi) is 22.7. The molecule has 2 unspecified atom stereocenters. The highest BCUT2D eigenvalue weighted by molar-refractivity contribution is 5.88. The van der Waals surface area contributed by atoms with Gasteiger partial charge in [-0.15, -0.1) is 0 Å². The predicted molar refractivity (Wildman–Crippen MR) is 297 cm³/mol. The Balaban J connectivity index is 0.000000170. The molecule has 0 spiro atoms. The molecule has 66 heavy (non-hydrogen) atoms. The first kappa shape index (κ1) is 53.9. The second-order valence-electron chi connectivity index (χ2n) is 21.4. The number of rotatable bonds is 0. The van der Waals surface area contributed by atoms with Crippen molar-refractivity contribution in [1.82, 2.24) is 0 Å². The van der Waals surface area contributed by atoms with Gasteiger partial charge in [0.05, 0.1) is 0 Å². The zero-order valence-corrected chi connectivity index (χ0v) is 44.3. The van der Waals surface area contributed by atoms with Crippen LogP contribution in [0.4, 0.5) is 0 Å². The van der Waals surface area contributed by atoms with Crippen LogP contribution in [0.25, 0.3) is 21.5 Å². The third-order valence-corrected chi connectivity index (χ3v) is 14.0. The largest absolute Gasteiger partial charge is 0.0853 e. The monoisotopic (exact) mass is 883 g/mol. The molecule has 5 aromatic carbocycles. The lowest BCUT2D eigenvalue weighted by molar-refractivity contribution is 0.308. The highest BCUT2D eigenvalue weighted by Gasteiger charge is 2.16. The fourth-order valence-corrected chi connectivity index (χ4v) is 9.15. The summed E-state index contributed by atoms with van der Waals surface area (Å²) in [5, 5.41) is 5.41. The van der Waals surface area contributed by atoms with Crippen LogP contribution in [0.5, 0.6) is 0 Å². The van der Waals surface area contributed by atoms with Crippen molar-refractivity contribution in [2.75, 3.05) is 0 Å². The Bertz CT molecular complexity index is 2240. The van der Waals surface area contributed by atoms with Crippen LogP contribution in [0.2, 0.25) is 0 Å². The lowest BCUT2D eigenvalue weighted by Crippen LogP contribution is -2.08. The number of allylic oxidation sites excluding steroid dienone is 10. The van der Waals surface area contributed by atoms with Crippen molar-refractivity contribution < 1.29 is 0 Å². The molecule has 5 aliphatic rings. The van der Waals surface area contributed by atoms with Gasteiger partial charge in [0.1, 0.15) is 0 Å². The van der Waals surface area contributed by atoms with Crippen LogP contribution < -0.4 is 0 Å². The van der Waals surface area contributed by atoms with E-state index in [1.807, 2.05) is 0 Å². The van der Waals surface area contributed by atoms with Gasteiger partial charge in [0.2, 0.25) is 0 Å². The molecule has 1 saturated carbocycles. The van der Waals surface area contributed by atoms with E-state index in [9.17, 15) is 0 Å². The third kappa shape index (κ3) is 19.7. The van der Waals surface area contributed by atoms with E-state index < -0.39 is 0 Å². The van der Waals surface area contributed by atoms with E-state index in [-0.39, 0.29) is 0 Å². The molecule has 0 amide bonds. The first-order chi connectivity index (χ1) is 31.4. The fourth-order valence-electron chi connectivity index (χ4n) is 9.15. The highest BCUT2D eigenvalue weighted by Crippen LogP contribution is 2.36. The molecule has 0 heteroatoms. The molecule has 1 fully saturated rings. The van der Waals surface area contributed by atoms with Crippen LogP contribution >= 0.6 is 0 Å². The van der Waals surface area contributed by atoms with Gasteiger partial charge in [0, 0.05) is 0 Å². The lowest BCUT2D eigenvalue weighted by Gasteiger charge is -2.22. The van der Waals surface area contributed by atoms with Gasteiger partial charge < -0.3 is 0 Å². The van der Waals surface area contributed by atoms with Crippen molar-refractivity contribution in [1.29, 1.82) is 0 Å². The molecule has 10 rings (SSSR count). The number of aryl methyl sites for hydroxylation is 6. The van der Waals surface area contributed by atoms with Crippen LogP contribution in [0.3, 0.4) is 0 Å². The van der Waals surface area contributed by atoms with Gasteiger partial charge in [-0.1, -0.05) is 219 Å². The lowest BCUT2D eigenvalue weighted by atomic mass is 9.84. The van der Waals surface area contributed by atoms with Crippen LogP contribution in [-0.2, 0) is 0 Å². The Morgan fingerprint density at radius 3 is 1.02 bits per heavy atom. The molecule has 0 aromatic heterocycles. The van der Waals surface area contributed by atoms with Crippen LogP contribution in [0, 0.1) is 65.2 Å². The van der Waals surface area contributed by atoms with Crippen LogP contribution in [0.15, 0.2) is 155 Å². The minimum absolute atomic E-state index is 0.943. The van der Waals surface area contributed by atoms with Gasteiger partial charge >= 0.3 is 0 Å². The smallest absolute Gasteiger partial charge is 0.00638 e. The van der Waals surface area contributed by atoms with E-state index in [2.05, 4.69) is 218 Å². The Hall–Kier alpha value is -4.68. The summed E-state index contributed by atoms with van der Waals surface area (Å²) in [6.45, 7) is 31.0. The van der Waals surface area contributed by atoms with Gasteiger partial charge in [0.25, 0.3) is 0 Å². The van der Waals surface area contributed by atoms with E-state index >= 15 is 0 Å². The minimum Gasteiger partial charge on any atom is -0.0853 e. The summed E-state index contributed by atoms with van der Waals surface area (Å²) in [6, 6.07) is 34.5. The van der Waals surface area contributed by atoms with E-state index in [1.165, 1.54) is 143 Å². The molecular formula is C66H90. The van der Waals surface area contributed by atoms with Crippen molar-refractivity contribution in [2.45, 2.75) is 174 Å². The van der Waals surface area contributed by atoms with Crippen LogP contribution in [0.1, 0.15) is 166 Å². The maximum absolute atomic E-state index is 2.37. The summed E-state index contributed by atoms with van der Waals surface area (Å²) < 4.78 is 0. The second kappa shape index (κ2) is 27.8. The van der Waals surface area contributed by atoms with E-state index in [1.54, 1.807) is 22.3 Å². The summed E-state index contributed by atoms with van der Waals surface area (Å²) >= 11 is 0. The molecule has 2 atom stereocenters. The van der Waals surface area contributed by atoms with Gasteiger partial charge in [-0.05, 0) is 188 Å². The zero-order chi connectivity index (χ0) is 48.2. The Labute approximate surface area is 405 Å². The standard InChI is InChI=1S/2C12H12.C10H12.C8H16.2C8H14.C8H10/c1-9-3-5-12-8-10(2)4-6-11(12)7-9;1-9-7-8-10(2)12-6-4-3-5-11(9)12;1-7-3-9-5-8(2)6-10(9)4-7;4*1-7-3-5-8(2)6-4-7/h2*3-8H,1-2H3;3,6H,4-5H2,1-2H3;7-8H,3-6H2,1-2H3;2*3,8H,4-6H2,1-2H3;3-6H,1-2H3. The summed E-state index contributed by atoms with van der Waals surface area (Å²) in [5.74, 6) is 3.93. The molecule has 5 aliphatic carbocycles. The normalized spacial score (nSPS) is 20.5. The number of hydrogen-bond acceptors (Lipinski definition) is 0. The van der Waals surface area contributed by atoms with Gasteiger partial charge in [-0.2, -0.15) is 0 Å². The molecule has 0 heterocycles. The molecule has 354 valence electrons. The first-order valence-electron chi connectivity index (χ1n) is 25.8. The number of benzene rings is 5. The van der Waals surface area contributed by atoms with E-state index in [0.717, 1.165) is 23.7 Å². The van der Waals surface area contributed by atoms with Crippen molar-refractivity contribution in [3.63, 3.8) is 0 Å². The maximum Gasteiger partial charge on any atom is -0.00638 e. The molecule has 0 bridgehead atoms. The fraction of sp³-hybridized carbons (Fsp3) is 0.455. The van der Waals surface area contributed by atoms with Gasteiger partial charge in [-0.25, -0.2) is 0 Å². The van der Waals surface area contributed by atoms with E-state index in [4.69, 9.17) is 0 Å². The minimum atomic E-state index is 0.943. The van der Waals surface area contributed by atoms with Crippen molar-refractivity contribution >= 4 is 21.5 Å². The molecule has 0 nitrogen and oxygen atoms in total. The zero-order valence-electron chi connectivity index (χ0n) is 44.3. The molecule has 0 radical (unpaired) electrons. The van der Waals surface area contributed by atoms with Gasteiger partial charge in [-0.3, -0.25) is 0 Å². The number of fused-ring (bicyclic) bond motifs is 2. The molecule has 0 aliphatic heterocycles. The highest BCUT2D eigenvalue weighted by atomic mass is 14.2. The predicted octanol–water partition coefficient (Wildman–Crippen LogP) is 20.5. The summed E-state index contributed by atoms with van der Waals surface area (Å²) in [6.07, 6.45) is 25.8. The molecule has 0 saturated heterocycles. The van der Waals surface area contributed by atoms with Crippen molar-refractivity contribution in [3.05, 3.63) is 188 Å². The Morgan fingerprint density at radius 1 is 0.348 bits per heavy atom. The average Bonchev–Trinajstić information content (AvgIpc) is 3.83. The van der Waals surface area contributed by atoms with Gasteiger partial charge in [0.15, 0.2) is 0 Å². The summed E-state index contributed by atoms with van der Waals surface area (Å²) in [4.78, 5) is 0. The third-order valence-electron chi connectivity index (χ3n) is 14.0. The first-order valence-corrected chi connectivity index (χ1v) is 25.8. The van der Waals surface area contributed by atoms with Crippen molar-refractivity contribution in [3.8, 4) is 0 Å². The number of hydrogen-bond donors (Lipinski definition) is 0. The molecule has 5 aromatic rings. The SMILES string of the molecule is CC1=CC2=C(C=C(C)C2)C1.CC1=CCC(C)CC1.CC1=CCC(C)CC1.CC1CCC(C)CC1.Cc1ccc(C)c2ccccc12.Cc1ccc(C)cc1.Cc1ccc2cc(C)ccc2c1. The molecular weight excluding hydrogens is 793 g/mol. The van der Waals surface area contributed by atoms with Crippen molar-refractivity contribution in [2.24, 2.45) is 23.7 Å². The van der Waals surface area contributed by atoms with E-state index in [0.29, 0.717) is 0 Å². The second-order valence-corrected chi connectivity index (χ2v) is 21.4. The maximum atomic E-state index is 2.37. The summed E-state index contributed by atoms with van der Waals surface area (Å²) in [7, 11) is 0. The van der Waals surface area contributed by atoms with Crippen LogP contribution in [-0.4, -0.2) is 0 Å².